The first-order valence-corrected chi connectivity index (χ1v) is 9.78. The molecular weight excluding hydrogens is 330 g/mol. The van der Waals surface area contributed by atoms with Crippen LogP contribution in [0.3, 0.4) is 0 Å². The van der Waals surface area contributed by atoms with E-state index in [9.17, 15) is 9.59 Å². The lowest BCUT2D eigenvalue weighted by Gasteiger charge is -2.39. The van der Waals surface area contributed by atoms with Crippen molar-refractivity contribution in [2.75, 3.05) is 11.4 Å². The number of anilines is 1. The minimum Gasteiger partial charge on any atom is -0.487 e. The van der Waals surface area contributed by atoms with E-state index in [-0.39, 0.29) is 30.0 Å². The number of ketones is 1. The summed E-state index contributed by atoms with van der Waals surface area (Å²) in [7, 11) is 0. The Bertz CT molecular complexity index is 666. The van der Waals surface area contributed by atoms with E-state index in [1.165, 1.54) is 6.42 Å². The Hall–Kier alpha value is -2.04. The molecule has 0 saturated heterocycles. The van der Waals surface area contributed by atoms with E-state index in [1.54, 1.807) is 13.0 Å². The van der Waals surface area contributed by atoms with Crippen LogP contribution in [-0.2, 0) is 9.53 Å². The number of hydrogen-bond acceptors (Lipinski definition) is 5. The van der Waals surface area contributed by atoms with Gasteiger partial charge in [-0.2, -0.15) is 0 Å². The largest absolute Gasteiger partial charge is 0.487 e. The van der Waals surface area contributed by atoms with Gasteiger partial charge in [-0.25, -0.2) is 4.79 Å². The van der Waals surface area contributed by atoms with Crippen molar-refractivity contribution in [3.8, 4) is 5.75 Å². The van der Waals surface area contributed by atoms with Gasteiger partial charge in [0.05, 0.1) is 12.2 Å². The molecule has 1 saturated carbocycles. The summed E-state index contributed by atoms with van der Waals surface area (Å²) < 4.78 is 11.8. The monoisotopic (exact) mass is 359 g/mol. The van der Waals surface area contributed by atoms with Crippen molar-refractivity contribution >= 4 is 17.4 Å². The average molecular weight is 359 g/mol. The number of benzene rings is 1. The predicted octanol–water partition coefficient (Wildman–Crippen LogP) is 4.13. The fourth-order valence-corrected chi connectivity index (χ4v) is 3.93. The smallest absolute Gasteiger partial charge is 0.329 e. The van der Waals surface area contributed by atoms with Crippen LogP contribution in [0.1, 0.15) is 69.7 Å². The Labute approximate surface area is 155 Å². The standard InChI is InChI=1S/C21H29NO4/c1-4-18(21(24)26-17-8-6-5-7-9-17)22-13-14(2)25-20-11-10-16(15(3)23)12-19(20)22/h10-12,14,17-18H,4-9,13H2,1-3H3. The van der Waals surface area contributed by atoms with Crippen LogP contribution in [0.2, 0.25) is 0 Å². The zero-order valence-electron chi connectivity index (χ0n) is 16.0. The molecule has 0 bridgehead atoms. The number of carbonyl (C=O) groups is 2. The van der Waals surface area contributed by atoms with Gasteiger partial charge in [-0.15, -0.1) is 0 Å². The fourth-order valence-electron chi connectivity index (χ4n) is 3.93. The molecule has 1 aliphatic carbocycles. The van der Waals surface area contributed by atoms with E-state index in [0.29, 0.717) is 18.5 Å². The molecule has 142 valence electrons. The van der Waals surface area contributed by atoms with Crippen molar-refractivity contribution in [3.05, 3.63) is 23.8 Å². The summed E-state index contributed by atoms with van der Waals surface area (Å²) in [5.74, 6) is 0.564. The van der Waals surface area contributed by atoms with Crippen LogP contribution >= 0.6 is 0 Å². The van der Waals surface area contributed by atoms with Crippen LogP contribution < -0.4 is 9.64 Å². The van der Waals surface area contributed by atoms with Crippen molar-refractivity contribution in [1.29, 1.82) is 0 Å². The van der Waals surface area contributed by atoms with Gasteiger partial charge in [0.2, 0.25) is 0 Å². The molecule has 1 fully saturated rings. The van der Waals surface area contributed by atoms with Gasteiger partial charge in [-0.1, -0.05) is 13.3 Å². The quantitative estimate of drug-likeness (QED) is 0.584. The molecule has 0 spiro atoms. The van der Waals surface area contributed by atoms with Crippen LogP contribution in [0.5, 0.6) is 5.75 Å². The Morgan fingerprint density at radius 3 is 2.65 bits per heavy atom. The molecular formula is C21H29NO4. The molecule has 1 aliphatic heterocycles. The SMILES string of the molecule is CCC(C(=O)OC1CCCCC1)N1CC(C)Oc2ccc(C(C)=O)cc21. The highest BCUT2D eigenvalue weighted by Gasteiger charge is 2.34. The highest BCUT2D eigenvalue weighted by atomic mass is 16.5. The molecule has 2 unspecified atom stereocenters. The van der Waals surface area contributed by atoms with Crippen LogP contribution in [-0.4, -0.2) is 36.5 Å². The van der Waals surface area contributed by atoms with Crippen molar-refractivity contribution in [2.24, 2.45) is 0 Å². The molecule has 5 nitrogen and oxygen atoms in total. The first kappa shape index (κ1) is 18.7. The molecule has 26 heavy (non-hydrogen) atoms. The number of carbonyl (C=O) groups excluding carboxylic acids is 2. The second-order valence-corrected chi connectivity index (χ2v) is 7.44. The van der Waals surface area contributed by atoms with E-state index in [4.69, 9.17) is 9.47 Å². The number of fused-ring (bicyclic) bond motifs is 1. The Kier molecular flexibility index (Phi) is 5.84. The lowest BCUT2D eigenvalue weighted by atomic mass is 9.97. The number of esters is 1. The summed E-state index contributed by atoms with van der Waals surface area (Å²) in [6.45, 7) is 6.15. The first-order valence-electron chi connectivity index (χ1n) is 9.78. The minimum absolute atomic E-state index is 0.00389. The van der Waals surface area contributed by atoms with E-state index < -0.39 is 0 Å². The Balaban J connectivity index is 1.84. The Morgan fingerprint density at radius 2 is 2.00 bits per heavy atom. The van der Waals surface area contributed by atoms with Gasteiger partial charge in [0.25, 0.3) is 0 Å². The molecule has 0 radical (unpaired) electrons. The first-order chi connectivity index (χ1) is 12.5. The predicted molar refractivity (Wildman–Crippen MR) is 101 cm³/mol. The maximum absolute atomic E-state index is 12.9. The second-order valence-electron chi connectivity index (χ2n) is 7.44. The molecule has 2 aliphatic rings. The van der Waals surface area contributed by atoms with Gasteiger partial charge >= 0.3 is 5.97 Å². The van der Waals surface area contributed by atoms with Gasteiger partial charge in [-0.05, 0) is 64.2 Å². The van der Waals surface area contributed by atoms with Crippen LogP contribution in [0.25, 0.3) is 0 Å². The Morgan fingerprint density at radius 1 is 1.27 bits per heavy atom. The molecule has 1 aromatic rings. The summed E-state index contributed by atoms with van der Waals surface area (Å²) >= 11 is 0. The van der Waals surface area contributed by atoms with Crippen LogP contribution in [0.4, 0.5) is 5.69 Å². The van der Waals surface area contributed by atoms with Crippen molar-refractivity contribution < 1.29 is 19.1 Å². The number of hydrogen-bond donors (Lipinski definition) is 0. The second kappa shape index (κ2) is 8.11. The van der Waals surface area contributed by atoms with Gasteiger partial charge in [0.15, 0.2) is 5.78 Å². The molecule has 0 N–H and O–H groups in total. The molecule has 5 heteroatoms. The molecule has 1 heterocycles. The van der Waals surface area contributed by atoms with Crippen molar-refractivity contribution in [1.82, 2.24) is 0 Å². The number of rotatable bonds is 5. The van der Waals surface area contributed by atoms with Gasteiger partial charge in [0.1, 0.15) is 24.0 Å². The zero-order valence-corrected chi connectivity index (χ0v) is 16.0. The highest BCUT2D eigenvalue weighted by molar-refractivity contribution is 5.96. The zero-order chi connectivity index (χ0) is 18.7. The molecule has 0 aromatic heterocycles. The average Bonchev–Trinajstić information content (AvgIpc) is 2.62. The third-order valence-corrected chi connectivity index (χ3v) is 5.33. The van der Waals surface area contributed by atoms with Crippen LogP contribution in [0, 0.1) is 0 Å². The minimum atomic E-state index is -0.357. The van der Waals surface area contributed by atoms with Gasteiger partial charge in [-0.3, -0.25) is 4.79 Å². The number of Topliss-reactive ketones (excluding diaryl/α,β-unsaturated/α-hetero) is 1. The van der Waals surface area contributed by atoms with Gasteiger partial charge < -0.3 is 14.4 Å². The topological polar surface area (TPSA) is 55.8 Å². The summed E-state index contributed by atoms with van der Waals surface area (Å²) in [6.07, 6.45) is 6.10. The summed E-state index contributed by atoms with van der Waals surface area (Å²) in [5.41, 5.74) is 1.44. The van der Waals surface area contributed by atoms with E-state index in [1.807, 2.05) is 26.0 Å². The van der Waals surface area contributed by atoms with E-state index in [0.717, 1.165) is 37.1 Å². The summed E-state index contributed by atoms with van der Waals surface area (Å²) in [6, 6.07) is 5.08. The molecule has 2 atom stereocenters. The number of ether oxygens (including phenoxy) is 2. The molecule has 1 aromatic carbocycles. The van der Waals surface area contributed by atoms with Crippen LogP contribution in [0.15, 0.2) is 18.2 Å². The highest BCUT2D eigenvalue weighted by Crippen LogP contribution is 2.36. The summed E-state index contributed by atoms with van der Waals surface area (Å²) in [4.78, 5) is 26.7. The lowest BCUT2D eigenvalue weighted by Crippen LogP contribution is -2.49. The fraction of sp³-hybridized carbons (Fsp3) is 0.619. The third kappa shape index (κ3) is 4.02. The third-order valence-electron chi connectivity index (χ3n) is 5.33. The number of nitrogens with zero attached hydrogens (tertiary/aromatic N) is 1. The molecule has 3 rings (SSSR count). The molecule has 0 amide bonds. The normalized spacial score (nSPS) is 21.5. The summed E-state index contributed by atoms with van der Waals surface area (Å²) in [5, 5.41) is 0. The van der Waals surface area contributed by atoms with Gasteiger partial charge in [0, 0.05) is 5.56 Å². The maximum atomic E-state index is 12.9. The van der Waals surface area contributed by atoms with E-state index >= 15 is 0 Å². The lowest BCUT2D eigenvalue weighted by molar-refractivity contribution is -0.152. The van der Waals surface area contributed by atoms with E-state index in [2.05, 4.69) is 4.90 Å². The van der Waals surface area contributed by atoms with Crippen molar-refractivity contribution in [3.63, 3.8) is 0 Å². The maximum Gasteiger partial charge on any atom is 0.329 e. The van der Waals surface area contributed by atoms with Crippen molar-refractivity contribution in [2.45, 2.75) is 77.5 Å².